The summed E-state index contributed by atoms with van der Waals surface area (Å²) in [5.74, 6) is 0.00546. The number of carbonyl (C=O) groups excluding carboxylic acids is 1. The lowest BCUT2D eigenvalue weighted by Gasteiger charge is -2.30. The van der Waals surface area contributed by atoms with Crippen molar-refractivity contribution in [1.29, 1.82) is 0 Å². The minimum absolute atomic E-state index is 0.195. The van der Waals surface area contributed by atoms with Gasteiger partial charge in [-0.05, 0) is 25.8 Å². The van der Waals surface area contributed by atoms with E-state index < -0.39 is 0 Å². The minimum atomic E-state index is -0.308. The number of hydrogen-bond acceptors (Lipinski definition) is 3. The number of rotatable bonds is 4. The van der Waals surface area contributed by atoms with Crippen LogP contribution in [-0.2, 0) is 4.79 Å². The van der Waals surface area contributed by atoms with Crippen LogP contribution in [0.25, 0.3) is 0 Å². The third-order valence-corrected chi connectivity index (χ3v) is 2.84. The highest BCUT2D eigenvalue weighted by molar-refractivity contribution is 5.75. The van der Waals surface area contributed by atoms with Crippen molar-refractivity contribution >= 4 is 5.91 Å². The van der Waals surface area contributed by atoms with Gasteiger partial charge in [-0.25, -0.2) is 0 Å². The van der Waals surface area contributed by atoms with Gasteiger partial charge in [0.2, 0.25) is 5.91 Å². The second-order valence-corrected chi connectivity index (χ2v) is 4.27. The fraction of sp³-hybridized carbons (Fsp3) is 0.900. The number of nitrogens with two attached hydrogens (primary N) is 1. The van der Waals surface area contributed by atoms with E-state index in [2.05, 4.69) is 0 Å². The van der Waals surface area contributed by atoms with Crippen LogP contribution in [0.2, 0.25) is 0 Å². The van der Waals surface area contributed by atoms with E-state index in [1.54, 1.807) is 0 Å². The number of aliphatic hydroxyl groups is 1. The molecule has 0 radical (unpaired) electrons. The van der Waals surface area contributed by atoms with Gasteiger partial charge in [0.25, 0.3) is 0 Å². The summed E-state index contributed by atoms with van der Waals surface area (Å²) in [5.41, 5.74) is 5.09. The van der Waals surface area contributed by atoms with Gasteiger partial charge >= 0.3 is 0 Å². The van der Waals surface area contributed by atoms with E-state index in [0.717, 1.165) is 25.8 Å². The van der Waals surface area contributed by atoms with Crippen molar-refractivity contribution in [3.8, 4) is 0 Å². The summed E-state index contributed by atoms with van der Waals surface area (Å²) < 4.78 is 0. The summed E-state index contributed by atoms with van der Waals surface area (Å²) in [5, 5.41) is 9.71. The highest BCUT2D eigenvalue weighted by atomic mass is 16.3. The Hall–Kier alpha value is -0.610. The van der Waals surface area contributed by atoms with Crippen molar-refractivity contribution in [3.05, 3.63) is 0 Å². The highest BCUT2D eigenvalue weighted by Crippen LogP contribution is 2.24. The molecule has 0 bridgehead atoms. The molecule has 1 rings (SSSR count). The summed E-state index contributed by atoms with van der Waals surface area (Å²) in [6.45, 7) is 1.05. The molecule has 2 unspecified atom stereocenters. The van der Waals surface area contributed by atoms with Crippen LogP contribution < -0.4 is 5.73 Å². The Morgan fingerprint density at radius 2 is 2.14 bits per heavy atom. The average Bonchev–Trinajstić information content (AvgIpc) is 2.07. The van der Waals surface area contributed by atoms with Crippen LogP contribution in [0, 0.1) is 5.92 Å². The van der Waals surface area contributed by atoms with Gasteiger partial charge in [0.15, 0.2) is 0 Å². The molecular formula is C10H20N2O2. The van der Waals surface area contributed by atoms with Crippen LogP contribution in [0.15, 0.2) is 0 Å². The van der Waals surface area contributed by atoms with Gasteiger partial charge in [0.1, 0.15) is 0 Å². The molecule has 14 heavy (non-hydrogen) atoms. The van der Waals surface area contributed by atoms with Gasteiger partial charge in [0, 0.05) is 6.54 Å². The minimum Gasteiger partial charge on any atom is -0.393 e. The van der Waals surface area contributed by atoms with Crippen LogP contribution in [0.4, 0.5) is 0 Å². The normalized spacial score (nSPS) is 27.9. The summed E-state index contributed by atoms with van der Waals surface area (Å²) in [7, 11) is 1.87. The van der Waals surface area contributed by atoms with Crippen LogP contribution in [0.5, 0.6) is 0 Å². The molecular weight excluding hydrogens is 180 g/mol. The van der Waals surface area contributed by atoms with Gasteiger partial charge in [0.05, 0.1) is 12.6 Å². The summed E-state index contributed by atoms with van der Waals surface area (Å²) in [6, 6.07) is 0. The number of primary amides is 1. The molecule has 2 atom stereocenters. The van der Waals surface area contributed by atoms with E-state index in [4.69, 9.17) is 5.73 Å². The van der Waals surface area contributed by atoms with Gasteiger partial charge in [-0.15, -0.1) is 0 Å². The van der Waals surface area contributed by atoms with E-state index in [1.165, 1.54) is 6.42 Å². The van der Waals surface area contributed by atoms with E-state index >= 15 is 0 Å². The third kappa shape index (κ3) is 3.64. The molecule has 0 saturated heterocycles. The lowest BCUT2D eigenvalue weighted by atomic mass is 9.86. The van der Waals surface area contributed by atoms with Gasteiger partial charge in [-0.1, -0.05) is 12.8 Å². The highest BCUT2D eigenvalue weighted by Gasteiger charge is 2.24. The molecule has 3 N–H and O–H groups in total. The Kier molecular flexibility index (Phi) is 4.35. The zero-order valence-corrected chi connectivity index (χ0v) is 8.78. The van der Waals surface area contributed by atoms with Crippen molar-refractivity contribution in [2.45, 2.75) is 31.8 Å². The summed E-state index contributed by atoms with van der Waals surface area (Å²) >= 11 is 0. The third-order valence-electron chi connectivity index (χ3n) is 2.84. The van der Waals surface area contributed by atoms with Crippen molar-refractivity contribution in [3.63, 3.8) is 0 Å². The first-order chi connectivity index (χ1) is 6.59. The van der Waals surface area contributed by atoms with Crippen molar-refractivity contribution < 1.29 is 9.90 Å². The standard InChI is InChI=1S/C10H20N2O2/c1-12(7-10(11)14)6-8-4-2-3-5-9(8)13/h8-9,13H,2-7H2,1H3,(H2,11,14). The lowest BCUT2D eigenvalue weighted by Crippen LogP contribution is -2.38. The number of nitrogens with zero attached hydrogens (tertiary/aromatic N) is 1. The first kappa shape index (κ1) is 11.5. The largest absolute Gasteiger partial charge is 0.393 e. The molecule has 0 spiro atoms. The average molecular weight is 200 g/mol. The summed E-state index contributed by atoms with van der Waals surface area (Å²) in [6.07, 6.45) is 4.07. The molecule has 0 aliphatic heterocycles. The van der Waals surface area contributed by atoms with Crippen molar-refractivity contribution in [2.24, 2.45) is 11.7 Å². The number of hydrogen-bond donors (Lipinski definition) is 2. The fourth-order valence-electron chi connectivity index (χ4n) is 2.13. The topological polar surface area (TPSA) is 66.6 Å². The van der Waals surface area contributed by atoms with E-state index in [0.29, 0.717) is 5.92 Å². The van der Waals surface area contributed by atoms with Gasteiger partial charge in [-0.3, -0.25) is 9.69 Å². The van der Waals surface area contributed by atoms with Crippen molar-refractivity contribution in [1.82, 2.24) is 4.90 Å². The molecule has 0 aromatic rings. The zero-order chi connectivity index (χ0) is 10.6. The number of carbonyl (C=O) groups is 1. The zero-order valence-electron chi connectivity index (χ0n) is 8.78. The first-order valence-corrected chi connectivity index (χ1v) is 5.24. The SMILES string of the molecule is CN(CC(N)=O)CC1CCCCC1O. The molecule has 1 aliphatic carbocycles. The Morgan fingerprint density at radius 1 is 1.50 bits per heavy atom. The maximum atomic E-state index is 10.7. The number of aliphatic hydroxyl groups excluding tert-OH is 1. The van der Waals surface area contributed by atoms with Crippen LogP contribution in [-0.4, -0.2) is 42.2 Å². The van der Waals surface area contributed by atoms with Gasteiger partial charge < -0.3 is 10.8 Å². The fourth-order valence-corrected chi connectivity index (χ4v) is 2.13. The predicted octanol–water partition coefficient (Wildman–Crippen LogP) is -0.0454. The predicted molar refractivity (Wildman–Crippen MR) is 54.7 cm³/mol. The van der Waals surface area contributed by atoms with E-state index in [-0.39, 0.29) is 18.6 Å². The molecule has 4 nitrogen and oxygen atoms in total. The Bertz CT molecular complexity index is 197. The first-order valence-electron chi connectivity index (χ1n) is 5.24. The smallest absolute Gasteiger partial charge is 0.231 e. The molecule has 0 aromatic carbocycles. The Labute approximate surface area is 85.1 Å². The van der Waals surface area contributed by atoms with Gasteiger partial charge in [-0.2, -0.15) is 0 Å². The monoisotopic (exact) mass is 200 g/mol. The van der Waals surface area contributed by atoms with Crippen LogP contribution in [0.3, 0.4) is 0 Å². The second-order valence-electron chi connectivity index (χ2n) is 4.27. The van der Waals surface area contributed by atoms with Crippen molar-refractivity contribution in [2.75, 3.05) is 20.1 Å². The molecule has 1 saturated carbocycles. The van der Waals surface area contributed by atoms with E-state index in [1.807, 2.05) is 11.9 Å². The Balaban J connectivity index is 2.30. The maximum Gasteiger partial charge on any atom is 0.231 e. The molecule has 1 aliphatic rings. The molecule has 0 aromatic heterocycles. The Morgan fingerprint density at radius 3 is 2.71 bits per heavy atom. The quantitative estimate of drug-likeness (QED) is 0.669. The number of amides is 1. The molecule has 0 heterocycles. The molecule has 1 fully saturated rings. The lowest BCUT2D eigenvalue weighted by molar-refractivity contribution is -0.119. The van der Waals surface area contributed by atoms with Crippen LogP contribution in [0.1, 0.15) is 25.7 Å². The maximum absolute atomic E-state index is 10.7. The van der Waals surface area contributed by atoms with E-state index in [9.17, 15) is 9.90 Å². The molecule has 4 heteroatoms. The molecule has 1 amide bonds. The number of likely N-dealkylation sites (N-methyl/N-ethyl adjacent to an activating group) is 1. The summed E-state index contributed by atoms with van der Waals surface area (Å²) in [4.78, 5) is 12.5. The second kappa shape index (κ2) is 5.32. The molecule has 82 valence electrons. The van der Waals surface area contributed by atoms with Crippen LogP contribution >= 0.6 is 0 Å².